The Bertz CT molecular complexity index is 592. The molecule has 1 aliphatic heterocycles. The van der Waals surface area contributed by atoms with Gasteiger partial charge in [0.25, 0.3) is 0 Å². The molecule has 0 aromatic carbocycles. The summed E-state index contributed by atoms with van der Waals surface area (Å²) in [7, 11) is 0. The Hall–Kier alpha value is -2.24. The normalized spacial score (nSPS) is 15.3. The van der Waals surface area contributed by atoms with E-state index in [4.69, 9.17) is 0 Å². The van der Waals surface area contributed by atoms with Crippen LogP contribution in [0.15, 0.2) is 24.8 Å². The first-order valence-electron chi connectivity index (χ1n) is 7.37. The molecular weight excluding hydrogens is 264 g/mol. The number of anilines is 2. The summed E-state index contributed by atoms with van der Waals surface area (Å²) in [5.74, 6) is 1.89. The Morgan fingerprint density at radius 1 is 0.952 bits per heavy atom. The van der Waals surface area contributed by atoms with Crippen molar-refractivity contribution >= 4 is 11.8 Å². The van der Waals surface area contributed by atoms with E-state index < -0.39 is 0 Å². The van der Waals surface area contributed by atoms with E-state index in [1.54, 1.807) is 18.7 Å². The van der Waals surface area contributed by atoms with Gasteiger partial charge in [-0.2, -0.15) is 0 Å². The van der Waals surface area contributed by atoms with Crippen molar-refractivity contribution < 1.29 is 0 Å². The van der Waals surface area contributed by atoms with Crippen LogP contribution in [0.5, 0.6) is 0 Å². The summed E-state index contributed by atoms with van der Waals surface area (Å²) >= 11 is 0. The third kappa shape index (κ3) is 2.79. The first kappa shape index (κ1) is 13.7. The molecule has 1 aliphatic rings. The third-order valence-electron chi connectivity index (χ3n) is 3.91. The molecule has 0 aliphatic carbocycles. The predicted molar refractivity (Wildman–Crippen MR) is 82.6 cm³/mol. The summed E-state index contributed by atoms with van der Waals surface area (Å²) < 4.78 is 0. The molecule has 0 spiro atoms. The van der Waals surface area contributed by atoms with Crippen molar-refractivity contribution in [2.75, 3.05) is 36.0 Å². The fourth-order valence-electron chi connectivity index (χ4n) is 2.75. The van der Waals surface area contributed by atoms with E-state index in [1.807, 2.05) is 6.07 Å². The van der Waals surface area contributed by atoms with Crippen molar-refractivity contribution in [2.24, 2.45) is 0 Å². The molecule has 0 amide bonds. The van der Waals surface area contributed by atoms with Crippen LogP contribution in [0.1, 0.15) is 18.2 Å². The zero-order valence-electron chi connectivity index (χ0n) is 12.5. The van der Waals surface area contributed by atoms with E-state index in [-0.39, 0.29) is 0 Å². The van der Waals surface area contributed by atoms with Crippen LogP contribution >= 0.6 is 0 Å². The lowest BCUT2D eigenvalue weighted by Crippen LogP contribution is -2.47. The van der Waals surface area contributed by atoms with Gasteiger partial charge in [-0.15, -0.1) is 0 Å². The molecule has 0 bridgehead atoms. The molecule has 2 aromatic heterocycles. The van der Waals surface area contributed by atoms with Gasteiger partial charge in [0.05, 0.1) is 0 Å². The predicted octanol–water partition coefficient (Wildman–Crippen LogP) is 1.46. The molecule has 0 N–H and O–H groups in total. The van der Waals surface area contributed by atoms with Crippen LogP contribution in [0.25, 0.3) is 0 Å². The molecule has 1 saturated heterocycles. The fraction of sp³-hybridized carbons (Fsp3) is 0.467. The lowest BCUT2D eigenvalue weighted by molar-refractivity contribution is 0.631. The second-order valence-electron chi connectivity index (χ2n) is 5.14. The molecule has 3 rings (SSSR count). The maximum atomic E-state index is 4.50. The number of aromatic nitrogens is 4. The quantitative estimate of drug-likeness (QED) is 0.850. The molecule has 21 heavy (non-hydrogen) atoms. The van der Waals surface area contributed by atoms with Gasteiger partial charge in [-0.05, 0) is 19.4 Å². The van der Waals surface area contributed by atoms with Crippen LogP contribution in [0.3, 0.4) is 0 Å². The zero-order chi connectivity index (χ0) is 14.7. The van der Waals surface area contributed by atoms with E-state index >= 15 is 0 Å². The van der Waals surface area contributed by atoms with E-state index in [2.05, 4.69) is 43.6 Å². The van der Waals surface area contributed by atoms with Crippen molar-refractivity contribution in [1.82, 2.24) is 19.9 Å². The second kappa shape index (κ2) is 6.03. The zero-order valence-corrected chi connectivity index (χ0v) is 12.5. The van der Waals surface area contributed by atoms with Crippen molar-refractivity contribution in [3.05, 3.63) is 36.0 Å². The minimum atomic E-state index is 0.812. The van der Waals surface area contributed by atoms with Gasteiger partial charge in [-0.3, -0.25) is 0 Å². The average Bonchev–Trinajstić information content (AvgIpc) is 2.55. The minimum Gasteiger partial charge on any atom is -0.353 e. The smallest absolute Gasteiger partial charge is 0.225 e. The summed E-state index contributed by atoms with van der Waals surface area (Å²) in [6.45, 7) is 7.90. The van der Waals surface area contributed by atoms with Gasteiger partial charge in [0.15, 0.2) is 0 Å². The second-order valence-corrected chi connectivity index (χ2v) is 5.14. The standard InChI is InChI=1S/C15H20N6/c1-3-13-12(2)18-11-19-14(13)20-7-9-21(10-8-20)15-16-5-4-6-17-15/h4-6,11H,3,7-10H2,1-2H3. The molecule has 0 atom stereocenters. The third-order valence-corrected chi connectivity index (χ3v) is 3.91. The van der Waals surface area contributed by atoms with Crippen LogP contribution in [0.4, 0.5) is 11.8 Å². The highest BCUT2D eigenvalue weighted by molar-refractivity contribution is 5.50. The molecule has 6 heteroatoms. The van der Waals surface area contributed by atoms with Crippen LogP contribution in [-0.2, 0) is 6.42 Å². The molecule has 6 nitrogen and oxygen atoms in total. The van der Waals surface area contributed by atoms with E-state index in [0.717, 1.165) is 50.1 Å². The molecule has 0 unspecified atom stereocenters. The molecular formula is C15H20N6. The average molecular weight is 284 g/mol. The Balaban J connectivity index is 1.73. The van der Waals surface area contributed by atoms with Crippen LogP contribution < -0.4 is 9.80 Å². The maximum absolute atomic E-state index is 4.50. The topological polar surface area (TPSA) is 58.0 Å². The molecule has 1 fully saturated rings. The summed E-state index contributed by atoms with van der Waals surface area (Å²) in [5, 5.41) is 0. The highest BCUT2D eigenvalue weighted by atomic mass is 15.3. The fourth-order valence-corrected chi connectivity index (χ4v) is 2.75. The van der Waals surface area contributed by atoms with E-state index in [1.165, 1.54) is 5.56 Å². The van der Waals surface area contributed by atoms with Crippen molar-refractivity contribution in [3.8, 4) is 0 Å². The van der Waals surface area contributed by atoms with Gasteiger partial charge in [-0.25, -0.2) is 19.9 Å². The van der Waals surface area contributed by atoms with Gasteiger partial charge in [0, 0.05) is 49.8 Å². The Morgan fingerprint density at radius 2 is 1.62 bits per heavy atom. The van der Waals surface area contributed by atoms with Crippen LogP contribution in [0.2, 0.25) is 0 Å². The van der Waals surface area contributed by atoms with E-state index in [0.29, 0.717) is 0 Å². The van der Waals surface area contributed by atoms with Crippen LogP contribution in [-0.4, -0.2) is 46.1 Å². The molecule has 0 saturated carbocycles. The monoisotopic (exact) mass is 284 g/mol. The number of hydrogen-bond acceptors (Lipinski definition) is 6. The molecule has 110 valence electrons. The lowest BCUT2D eigenvalue weighted by atomic mass is 10.1. The number of piperazine rings is 1. The number of aryl methyl sites for hydroxylation is 1. The largest absolute Gasteiger partial charge is 0.353 e. The number of nitrogens with zero attached hydrogens (tertiary/aromatic N) is 6. The van der Waals surface area contributed by atoms with Gasteiger partial charge in [0.2, 0.25) is 5.95 Å². The van der Waals surface area contributed by atoms with Crippen molar-refractivity contribution in [3.63, 3.8) is 0 Å². The highest BCUT2D eigenvalue weighted by Crippen LogP contribution is 2.22. The summed E-state index contributed by atoms with van der Waals surface area (Å²) in [6.07, 6.45) is 6.20. The Labute approximate surface area is 124 Å². The number of rotatable bonds is 3. The van der Waals surface area contributed by atoms with Gasteiger partial charge in [-0.1, -0.05) is 6.92 Å². The molecule has 3 heterocycles. The van der Waals surface area contributed by atoms with Gasteiger partial charge < -0.3 is 9.80 Å². The summed E-state index contributed by atoms with van der Waals surface area (Å²) in [4.78, 5) is 22.0. The maximum Gasteiger partial charge on any atom is 0.225 e. The Kier molecular flexibility index (Phi) is 3.94. The van der Waals surface area contributed by atoms with Crippen LogP contribution in [0, 0.1) is 6.92 Å². The van der Waals surface area contributed by atoms with Gasteiger partial charge in [0.1, 0.15) is 12.1 Å². The van der Waals surface area contributed by atoms with Gasteiger partial charge >= 0.3 is 0 Å². The first-order valence-corrected chi connectivity index (χ1v) is 7.37. The minimum absolute atomic E-state index is 0.812. The molecule has 0 radical (unpaired) electrons. The molecule has 2 aromatic rings. The van der Waals surface area contributed by atoms with Crippen molar-refractivity contribution in [2.45, 2.75) is 20.3 Å². The first-order chi connectivity index (χ1) is 10.3. The lowest BCUT2D eigenvalue weighted by Gasteiger charge is -2.36. The Morgan fingerprint density at radius 3 is 2.29 bits per heavy atom. The summed E-state index contributed by atoms with van der Waals surface area (Å²) in [5.41, 5.74) is 2.33. The van der Waals surface area contributed by atoms with E-state index in [9.17, 15) is 0 Å². The number of hydrogen-bond donors (Lipinski definition) is 0. The van der Waals surface area contributed by atoms with Crippen molar-refractivity contribution in [1.29, 1.82) is 0 Å². The summed E-state index contributed by atoms with van der Waals surface area (Å²) in [6, 6.07) is 1.84. The highest BCUT2D eigenvalue weighted by Gasteiger charge is 2.21. The SMILES string of the molecule is CCc1c(C)ncnc1N1CCN(c2ncccn2)CC1.